The molecule has 0 N–H and O–H groups in total. The number of hydrogen-bond acceptors (Lipinski definition) is 0. The lowest BCUT2D eigenvalue weighted by molar-refractivity contribution is 0.780. The highest BCUT2D eigenvalue weighted by molar-refractivity contribution is 6.21. The van der Waals surface area contributed by atoms with Crippen molar-refractivity contribution in [3.05, 3.63) is 71.3 Å². The molecular formula is C16H17Cl. The molecule has 2 aromatic rings. The maximum Gasteiger partial charge on any atom is 0.0417 e. The monoisotopic (exact) mass is 244 g/mol. The molecule has 1 heteroatoms. The Labute approximate surface area is 108 Å². The SMILES string of the molecule is Cc1ccccc1C(c1ccccc1)C(C)Cl. The average molecular weight is 245 g/mol. The maximum absolute atomic E-state index is 6.38. The third-order valence-electron chi connectivity index (χ3n) is 3.14. The molecule has 0 aromatic heterocycles. The highest BCUT2D eigenvalue weighted by Crippen LogP contribution is 2.32. The van der Waals surface area contributed by atoms with Crippen LogP contribution in [0.4, 0.5) is 0 Å². The molecule has 0 saturated heterocycles. The Morgan fingerprint density at radius 2 is 1.47 bits per heavy atom. The van der Waals surface area contributed by atoms with Gasteiger partial charge in [0.05, 0.1) is 0 Å². The van der Waals surface area contributed by atoms with Gasteiger partial charge in [-0.3, -0.25) is 0 Å². The van der Waals surface area contributed by atoms with Crippen molar-refractivity contribution >= 4 is 11.6 Å². The van der Waals surface area contributed by atoms with E-state index in [1.54, 1.807) is 0 Å². The zero-order valence-electron chi connectivity index (χ0n) is 10.2. The maximum atomic E-state index is 6.38. The Bertz CT molecular complexity index is 474. The largest absolute Gasteiger partial charge is 0.122 e. The first-order valence-electron chi connectivity index (χ1n) is 5.94. The number of rotatable bonds is 3. The van der Waals surface area contributed by atoms with Gasteiger partial charge in [-0.15, -0.1) is 11.6 Å². The summed E-state index contributed by atoms with van der Waals surface area (Å²) < 4.78 is 0. The van der Waals surface area contributed by atoms with E-state index in [1.165, 1.54) is 16.7 Å². The highest BCUT2D eigenvalue weighted by Gasteiger charge is 2.20. The lowest BCUT2D eigenvalue weighted by atomic mass is 9.86. The van der Waals surface area contributed by atoms with E-state index >= 15 is 0 Å². The van der Waals surface area contributed by atoms with E-state index in [9.17, 15) is 0 Å². The Kier molecular flexibility index (Phi) is 3.86. The van der Waals surface area contributed by atoms with Crippen molar-refractivity contribution in [3.63, 3.8) is 0 Å². The molecule has 0 saturated carbocycles. The van der Waals surface area contributed by atoms with Crippen LogP contribution in [0.3, 0.4) is 0 Å². The molecule has 0 bridgehead atoms. The van der Waals surface area contributed by atoms with Crippen molar-refractivity contribution in [2.24, 2.45) is 0 Å². The molecule has 0 fully saturated rings. The van der Waals surface area contributed by atoms with E-state index in [0.29, 0.717) is 0 Å². The van der Waals surface area contributed by atoms with Crippen molar-refractivity contribution in [3.8, 4) is 0 Å². The highest BCUT2D eigenvalue weighted by atomic mass is 35.5. The summed E-state index contributed by atoms with van der Waals surface area (Å²) in [7, 11) is 0. The number of aryl methyl sites for hydroxylation is 1. The topological polar surface area (TPSA) is 0 Å². The molecule has 0 radical (unpaired) electrons. The molecule has 2 rings (SSSR count). The van der Waals surface area contributed by atoms with Crippen LogP contribution in [0.2, 0.25) is 0 Å². The summed E-state index contributed by atoms with van der Waals surface area (Å²) in [6, 6.07) is 18.9. The third-order valence-corrected chi connectivity index (χ3v) is 3.39. The van der Waals surface area contributed by atoms with Gasteiger partial charge in [-0.1, -0.05) is 54.6 Å². The fourth-order valence-corrected chi connectivity index (χ4v) is 2.57. The molecule has 0 amide bonds. The van der Waals surface area contributed by atoms with E-state index in [1.807, 2.05) is 6.07 Å². The van der Waals surface area contributed by atoms with E-state index in [0.717, 1.165) is 0 Å². The molecule has 0 nitrogen and oxygen atoms in total. The summed E-state index contributed by atoms with van der Waals surface area (Å²) in [6.07, 6.45) is 0. The van der Waals surface area contributed by atoms with Crippen LogP contribution in [-0.2, 0) is 0 Å². The average Bonchev–Trinajstić information content (AvgIpc) is 2.33. The Hall–Kier alpha value is -1.27. The molecule has 0 aliphatic rings. The first-order valence-corrected chi connectivity index (χ1v) is 6.38. The number of halogens is 1. The van der Waals surface area contributed by atoms with Crippen LogP contribution in [0.25, 0.3) is 0 Å². The molecule has 17 heavy (non-hydrogen) atoms. The zero-order chi connectivity index (χ0) is 12.3. The fraction of sp³-hybridized carbons (Fsp3) is 0.250. The summed E-state index contributed by atoms with van der Waals surface area (Å²) in [6.45, 7) is 4.20. The van der Waals surface area contributed by atoms with Gasteiger partial charge in [-0.2, -0.15) is 0 Å². The van der Waals surface area contributed by atoms with Crippen molar-refractivity contribution < 1.29 is 0 Å². The van der Waals surface area contributed by atoms with Crippen LogP contribution in [0.15, 0.2) is 54.6 Å². The van der Waals surface area contributed by atoms with Gasteiger partial charge in [0, 0.05) is 11.3 Å². The standard InChI is InChI=1S/C16H17Cl/c1-12-8-6-7-11-15(12)16(13(2)17)14-9-4-3-5-10-14/h3-11,13,16H,1-2H3. The first kappa shape index (κ1) is 12.2. The van der Waals surface area contributed by atoms with E-state index in [2.05, 4.69) is 62.4 Å². The molecule has 2 aromatic carbocycles. The number of alkyl halides is 1. The Balaban J connectivity index is 2.47. The van der Waals surface area contributed by atoms with Gasteiger partial charge in [-0.05, 0) is 30.5 Å². The molecule has 0 heterocycles. The summed E-state index contributed by atoms with van der Waals surface area (Å²) >= 11 is 6.38. The van der Waals surface area contributed by atoms with Crippen molar-refractivity contribution in [1.82, 2.24) is 0 Å². The van der Waals surface area contributed by atoms with Gasteiger partial charge in [-0.25, -0.2) is 0 Å². The van der Waals surface area contributed by atoms with Crippen LogP contribution >= 0.6 is 11.6 Å². The number of benzene rings is 2. The molecule has 0 spiro atoms. The summed E-state index contributed by atoms with van der Waals surface area (Å²) in [4.78, 5) is 0. The molecular weight excluding hydrogens is 228 g/mol. The number of hydrogen-bond donors (Lipinski definition) is 0. The quantitative estimate of drug-likeness (QED) is 0.684. The Morgan fingerprint density at radius 3 is 2.06 bits per heavy atom. The Morgan fingerprint density at radius 1 is 0.882 bits per heavy atom. The minimum Gasteiger partial charge on any atom is -0.122 e. The van der Waals surface area contributed by atoms with Gasteiger partial charge < -0.3 is 0 Å². The normalized spacial score (nSPS) is 14.3. The minimum atomic E-state index is 0.0819. The molecule has 0 aliphatic heterocycles. The minimum absolute atomic E-state index is 0.0819. The van der Waals surface area contributed by atoms with Crippen molar-refractivity contribution in [1.29, 1.82) is 0 Å². The zero-order valence-corrected chi connectivity index (χ0v) is 11.0. The van der Waals surface area contributed by atoms with Crippen LogP contribution in [0.5, 0.6) is 0 Å². The van der Waals surface area contributed by atoms with E-state index < -0.39 is 0 Å². The van der Waals surface area contributed by atoms with Gasteiger partial charge in [0.2, 0.25) is 0 Å². The van der Waals surface area contributed by atoms with Crippen LogP contribution in [0.1, 0.15) is 29.5 Å². The summed E-state index contributed by atoms with van der Waals surface area (Å²) in [5, 5.41) is 0.0819. The molecule has 2 unspecified atom stereocenters. The second-order valence-electron chi connectivity index (χ2n) is 4.42. The third kappa shape index (κ3) is 2.70. The second kappa shape index (κ2) is 5.37. The molecule has 88 valence electrons. The van der Waals surface area contributed by atoms with E-state index in [-0.39, 0.29) is 11.3 Å². The molecule has 0 aliphatic carbocycles. The predicted octanol–water partition coefficient (Wildman–Crippen LogP) is 4.75. The van der Waals surface area contributed by atoms with Gasteiger partial charge in [0.1, 0.15) is 0 Å². The van der Waals surface area contributed by atoms with E-state index in [4.69, 9.17) is 11.6 Å². The lowest BCUT2D eigenvalue weighted by Gasteiger charge is -2.22. The van der Waals surface area contributed by atoms with Gasteiger partial charge >= 0.3 is 0 Å². The summed E-state index contributed by atoms with van der Waals surface area (Å²) in [5.41, 5.74) is 3.90. The smallest absolute Gasteiger partial charge is 0.0417 e. The first-order chi connectivity index (χ1) is 8.20. The summed E-state index contributed by atoms with van der Waals surface area (Å²) in [5.74, 6) is 0.263. The van der Waals surface area contributed by atoms with Gasteiger partial charge in [0.25, 0.3) is 0 Å². The second-order valence-corrected chi connectivity index (χ2v) is 5.11. The van der Waals surface area contributed by atoms with Crippen LogP contribution < -0.4 is 0 Å². The molecule has 2 atom stereocenters. The van der Waals surface area contributed by atoms with Crippen molar-refractivity contribution in [2.45, 2.75) is 25.1 Å². The lowest BCUT2D eigenvalue weighted by Crippen LogP contribution is -2.12. The van der Waals surface area contributed by atoms with Gasteiger partial charge in [0.15, 0.2) is 0 Å². The van der Waals surface area contributed by atoms with Crippen LogP contribution in [-0.4, -0.2) is 5.38 Å². The van der Waals surface area contributed by atoms with Crippen molar-refractivity contribution in [2.75, 3.05) is 0 Å². The van der Waals surface area contributed by atoms with Crippen LogP contribution in [0, 0.1) is 6.92 Å². The fourth-order valence-electron chi connectivity index (χ4n) is 2.29. The predicted molar refractivity (Wildman–Crippen MR) is 74.8 cm³/mol.